The molecule has 0 amide bonds. The van der Waals surface area contributed by atoms with Crippen LogP contribution in [0.3, 0.4) is 0 Å². The zero-order valence-corrected chi connectivity index (χ0v) is 17.7. The Kier molecular flexibility index (Phi) is 9.49. The van der Waals surface area contributed by atoms with Gasteiger partial charge in [0.15, 0.2) is 5.96 Å². The van der Waals surface area contributed by atoms with Crippen molar-refractivity contribution in [1.29, 1.82) is 0 Å². The topological polar surface area (TPSA) is 72.1 Å². The molecule has 1 aromatic carbocycles. The van der Waals surface area contributed by atoms with Crippen LogP contribution in [0.15, 0.2) is 29.3 Å². The van der Waals surface area contributed by atoms with Gasteiger partial charge in [0.1, 0.15) is 12.4 Å². The molecule has 3 rings (SSSR count). The molecule has 1 aliphatic carbocycles. The van der Waals surface area contributed by atoms with Crippen molar-refractivity contribution in [2.75, 3.05) is 46.0 Å². The van der Waals surface area contributed by atoms with Crippen molar-refractivity contribution in [1.82, 2.24) is 10.2 Å². The van der Waals surface area contributed by atoms with E-state index in [1.807, 2.05) is 18.2 Å². The van der Waals surface area contributed by atoms with Gasteiger partial charge in [-0.15, -0.1) is 24.0 Å². The summed E-state index contributed by atoms with van der Waals surface area (Å²) in [6.45, 7) is 6.77. The van der Waals surface area contributed by atoms with E-state index < -0.39 is 0 Å². The minimum Gasteiger partial charge on any atom is -0.492 e. The number of halogens is 1. The van der Waals surface area contributed by atoms with Gasteiger partial charge in [0, 0.05) is 26.2 Å². The molecule has 0 spiro atoms. The molecule has 2 fully saturated rings. The van der Waals surface area contributed by atoms with Crippen LogP contribution in [-0.2, 0) is 11.3 Å². The number of benzene rings is 1. The summed E-state index contributed by atoms with van der Waals surface area (Å²) in [5, 5.41) is 3.22. The molecule has 0 bridgehead atoms. The summed E-state index contributed by atoms with van der Waals surface area (Å²) in [6.07, 6.45) is 3.97. The summed E-state index contributed by atoms with van der Waals surface area (Å²) < 4.78 is 11.2. The molecule has 26 heavy (non-hydrogen) atoms. The summed E-state index contributed by atoms with van der Waals surface area (Å²) in [4.78, 5) is 6.79. The van der Waals surface area contributed by atoms with Crippen LogP contribution in [-0.4, -0.2) is 56.9 Å². The van der Waals surface area contributed by atoms with Crippen LogP contribution in [0.2, 0.25) is 0 Å². The molecule has 6 nitrogen and oxygen atoms in total. The lowest BCUT2D eigenvalue weighted by Gasteiger charge is -2.26. The van der Waals surface area contributed by atoms with Crippen molar-refractivity contribution in [3.05, 3.63) is 29.8 Å². The first-order valence-electron chi connectivity index (χ1n) is 9.35. The maximum Gasteiger partial charge on any atom is 0.188 e. The molecule has 1 saturated heterocycles. The SMILES string of the molecule is I.NC(=NCc1cccc(OCCN2CCOCC2)c1)NCC1CCC1. The van der Waals surface area contributed by atoms with Gasteiger partial charge in [-0.25, -0.2) is 4.99 Å². The molecule has 2 aliphatic rings. The first-order valence-corrected chi connectivity index (χ1v) is 9.35. The van der Waals surface area contributed by atoms with Crippen molar-refractivity contribution in [2.24, 2.45) is 16.6 Å². The fourth-order valence-corrected chi connectivity index (χ4v) is 3.03. The van der Waals surface area contributed by atoms with Gasteiger partial charge < -0.3 is 20.5 Å². The number of nitrogens with two attached hydrogens (primary N) is 1. The van der Waals surface area contributed by atoms with Crippen LogP contribution in [0.25, 0.3) is 0 Å². The normalized spacial score (nSPS) is 18.7. The number of nitrogens with one attached hydrogen (secondary N) is 1. The number of nitrogens with zero attached hydrogens (tertiary/aromatic N) is 2. The largest absolute Gasteiger partial charge is 0.492 e. The number of aliphatic imine (C=N–C) groups is 1. The molecule has 1 saturated carbocycles. The minimum absolute atomic E-state index is 0. The van der Waals surface area contributed by atoms with Gasteiger partial charge in [-0.1, -0.05) is 18.6 Å². The number of rotatable bonds is 8. The molecule has 0 radical (unpaired) electrons. The van der Waals surface area contributed by atoms with E-state index in [-0.39, 0.29) is 24.0 Å². The fourth-order valence-electron chi connectivity index (χ4n) is 3.03. The van der Waals surface area contributed by atoms with Gasteiger partial charge in [0.2, 0.25) is 0 Å². The molecule has 1 aliphatic heterocycles. The Hall–Kier alpha value is -1.06. The third-order valence-electron chi connectivity index (χ3n) is 4.91. The first kappa shape index (κ1) is 21.2. The Morgan fingerprint density at radius 3 is 2.85 bits per heavy atom. The average Bonchev–Trinajstić information content (AvgIpc) is 2.60. The Morgan fingerprint density at radius 2 is 2.12 bits per heavy atom. The van der Waals surface area contributed by atoms with E-state index in [1.54, 1.807) is 0 Å². The molecule has 7 heteroatoms. The first-order chi connectivity index (χ1) is 12.3. The van der Waals surface area contributed by atoms with Crippen LogP contribution in [0.5, 0.6) is 5.75 Å². The standard InChI is InChI=1S/C19H30N4O2.HI/c20-19(21-14-16-3-1-4-16)22-15-17-5-2-6-18(13-17)25-12-9-23-7-10-24-11-8-23;/h2,5-6,13,16H,1,3-4,7-12,14-15H2,(H3,20,21,22);1H. The maximum absolute atomic E-state index is 5.94. The number of morpholine rings is 1. The molecule has 0 unspecified atom stereocenters. The zero-order valence-electron chi connectivity index (χ0n) is 15.4. The number of hydrogen-bond acceptors (Lipinski definition) is 4. The van der Waals surface area contributed by atoms with Crippen LogP contribution in [0, 0.1) is 5.92 Å². The van der Waals surface area contributed by atoms with Crippen molar-refractivity contribution >= 4 is 29.9 Å². The molecule has 3 N–H and O–H groups in total. The molecular weight excluding hydrogens is 443 g/mol. The van der Waals surface area contributed by atoms with Crippen molar-refractivity contribution in [3.8, 4) is 5.75 Å². The summed E-state index contributed by atoms with van der Waals surface area (Å²) in [6, 6.07) is 8.09. The summed E-state index contributed by atoms with van der Waals surface area (Å²) in [7, 11) is 0. The van der Waals surface area contributed by atoms with E-state index in [1.165, 1.54) is 19.3 Å². The van der Waals surface area contributed by atoms with Gasteiger partial charge in [-0.2, -0.15) is 0 Å². The van der Waals surface area contributed by atoms with Gasteiger partial charge in [0.25, 0.3) is 0 Å². The second kappa shape index (κ2) is 11.6. The zero-order chi connectivity index (χ0) is 17.3. The Morgan fingerprint density at radius 1 is 1.31 bits per heavy atom. The predicted molar refractivity (Wildman–Crippen MR) is 115 cm³/mol. The summed E-state index contributed by atoms with van der Waals surface area (Å²) >= 11 is 0. The molecule has 146 valence electrons. The lowest BCUT2D eigenvalue weighted by molar-refractivity contribution is 0.0322. The molecule has 1 heterocycles. The summed E-state index contributed by atoms with van der Waals surface area (Å²) in [5.74, 6) is 2.20. The maximum atomic E-state index is 5.94. The molecular formula is C19H31IN4O2. The third-order valence-corrected chi connectivity index (χ3v) is 4.91. The Bertz CT molecular complexity index is 560. The van der Waals surface area contributed by atoms with E-state index in [0.717, 1.165) is 56.6 Å². The van der Waals surface area contributed by atoms with Crippen molar-refractivity contribution in [2.45, 2.75) is 25.8 Å². The highest BCUT2D eigenvalue weighted by atomic mass is 127. The average molecular weight is 474 g/mol. The van der Waals surface area contributed by atoms with Gasteiger partial charge in [-0.05, 0) is 36.5 Å². The smallest absolute Gasteiger partial charge is 0.188 e. The highest BCUT2D eigenvalue weighted by Gasteiger charge is 2.16. The Labute approximate surface area is 173 Å². The van der Waals surface area contributed by atoms with Gasteiger partial charge in [0.05, 0.1) is 19.8 Å². The van der Waals surface area contributed by atoms with E-state index in [4.69, 9.17) is 15.2 Å². The monoisotopic (exact) mass is 474 g/mol. The number of ether oxygens (including phenoxy) is 2. The van der Waals surface area contributed by atoms with Crippen LogP contribution in [0.1, 0.15) is 24.8 Å². The highest BCUT2D eigenvalue weighted by Crippen LogP contribution is 2.25. The second-order valence-electron chi connectivity index (χ2n) is 6.83. The summed E-state index contributed by atoms with van der Waals surface area (Å²) in [5.41, 5.74) is 7.05. The highest BCUT2D eigenvalue weighted by molar-refractivity contribution is 14.0. The van der Waals surface area contributed by atoms with E-state index in [2.05, 4.69) is 21.3 Å². The second-order valence-corrected chi connectivity index (χ2v) is 6.83. The Balaban J connectivity index is 0.00000243. The molecule has 0 atom stereocenters. The third kappa shape index (κ3) is 7.28. The fraction of sp³-hybridized carbons (Fsp3) is 0.632. The number of guanidine groups is 1. The van der Waals surface area contributed by atoms with E-state index in [0.29, 0.717) is 19.1 Å². The van der Waals surface area contributed by atoms with Crippen molar-refractivity contribution in [3.63, 3.8) is 0 Å². The van der Waals surface area contributed by atoms with E-state index in [9.17, 15) is 0 Å². The van der Waals surface area contributed by atoms with Crippen LogP contribution >= 0.6 is 24.0 Å². The number of hydrogen-bond donors (Lipinski definition) is 2. The lowest BCUT2D eigenvalue weighted by atomic mass is 9.85. The van der Waals surface area contributed by atoms with E-state index >= 15 is 0 Å². The molecule has 1 aromatic rings. The van der Waals surface area contributed by atoms with Gasteiger partial charge in [-0.3, -0.25) is 4.90 Å². The molecule has 0 aromatic heterocycles. The predicted octanol–water partition coefficient (Wildman–Crippen LogP) is 2.22. The lowest BCUT2D eigenvalue weighted by Crippen LogP contribution is -2.38. The minimum atomic E-state index is 0. The van der Waals surface area contributed by atoms with Crippen molar-refractivity contribution < 1.29 is 9.47 Å². The van der Waals surface area contributed by atoms with Crippen LogP contribution < -0.4 is 15.8 Å². The van der Waals surface area contributed by atoms with Crippen LogP contribution in [0.4, 0.5) is 0 Å². The quantitative estimate of drug-likeness (QED) is 0.344. The van der Waals surface area contributed by atoms with Gasteiger partial charge >= 0.3 is 0 Å².